The fourth-order valence-electron chi connectivity index (χ4n) is 3.55. The smallest absolute Gasteiger partial charge is 0.331 e. The summed E-state index contributed by atoms with van der Waals surface area (Å²) >= 11 is 4.91. The maximum absolute atomic E-state index is 13.0. The normalized spacial score (nSPS) is 14.5. The minimum absolute atomic E-state index is 0.103. The van der Waals surface area contributed by atoms with Gasteiger partial charge in [0.15, 0.2) is 6.04 Å². The molecule has 33 heavy (non-hydrogen) atoms. The number of benzene rings is 1. The molecule has 1 aromatic carbocycles. The van der Waals surface area contributed by atoms with Gasteiger partial charge >= 0.3 is 17.8 Å². The zero-order chi connectivity index (χ0) is 24.1. The van der Waals surface area contributed by atoms with Crippen LogP contribution in [-0.4, -0.2) is 53.4 Å². The van der Waals surface area contributed by atoms with E-state index < -0.39 is 23.8 Å². The van der Waals surface area contributed by atoms with Crippen molar-refractivity contribution >= 4 is 45.1 Å². The number of amides is 2. The quantitative estimate of drug-likeness (QED) is 0.468. The maximum atomic E-state index is 13.0. The summed E-state index contributed by atoms with van der Waals surface area (Å²) in [6.45, 7) is 3.99. The molecule has 1 aromatic heterocycles. The Morgan fingerprint density at radius 3 is 2.79 bits per heavy atom. The van der Waals surface area contributed by atoms with Crippen LogP contribution in [0.2, 0.25) is 0 Å². The van der Waals surface area contributed by atoms with E-state index in [0.29, 0.717) is 40.7 Å². The van der Waals surface area contributed by atoms with Crippen LogP contribution in [0.1, 0.15) is 34.9 Å². The first kappa shape index (κ1) is 24.6. The molecule has 2 aromatic rings. The Morgan fingerprint density at radius 2 is 2.15 bits per heavy atom. The molecule has 2 amide bonds. The third kappa shape index (κ3) is 5.46. The molecule has 172 valence electrons. The van der Waals surface area contributed by atoms with E-state index in [1.807, 2.05) is 17.5 Å². The van der Waals surface area contributed by atoms with Gasteiger partial charge < -0.3 is 19.6 Å². The number of fused-ring (bicyclic) bond motifs is 1. The average Bonchev–Trinajstić information content (AvgIpc) is 3.32. The number of aliphatic carboxylic acids is 1. The number of likely N-dealkylation sites (N-methyl/N-ethyl adjacent to an activating group) is 1. The molecular weight excluding hydrogens is 508 g/mol. The molecule has 9 heteroatoms. The minimum atomic E-state index is -1.27. The largest absolute Gasteiger partial charge is 0.496 e. The van der Waals surface area contributed by atoms with Gasteiger partial charge in [0.25, 0.3) is 0 Å². The van der Waals surface area contributed by atoms with Crippen molar-refractivity contribution in [3.8, 4) is 17.6 Å². The van der Waals surface area contributed by atoms with Gasteiger partial charge in [-0.05, 0) is 63.5 Å². The summed E-state index contributed by atoms with van der Waals surface area (Å²) in [6.07, 6.45) is 1.30. The molecule has 1 unspecified atom stereocenters. The number of carboxylic acids is 1. The van der Waals surface area contributed by atoms with Crippen LogP contribution in [-0.2, 0) is 20.8 Å². The van der Waals surface area contributed by atoms with Crippen LogP contribution in [0.5, 0.6) is 5.75 Å². The van der Waals surface area contributed by atoms with Crippen LogP contribution in [0, 0.1) is 11.8 Å². The molecule has 0 aliphatic carbocycles. The van der Waals surface area contributed by atoms with Crippen LogP contribution in [0.15, 0.2) is 46.4 Å². The summed E-state index contributed by atoms with van der Waals surface area (Å²) in [5.41, 5.74) is 1.65. The molecular formula is C24H23BrN2O5S. The van der Waals surface area contributed by atoms with E-state index in [-0.39, 0.29) is 6.54 Å². The summed E-state index contributed by atoms with van der Waals surface area (Å²) in [6, 6.07) is 5.95. The maximum Gasteiger partial charge on any atom is 0.331 e. The topological polar surface area (TPSA) is 87.2 Å². The number of rotatable bonds is 5. The Bertz CT molecular complexity index is 1150. The van der Waals surface area contributed by atoms with Gasteiger partial charge in [-0.25, -0.2) is 4.79 Å². The highest BCUT2D eigenvalue weighted by atomic mass is 79.9. The SMILES string of the molecule is C=C(CCC#Cc1cccs1)N(C)C(=O)C(=O)N1CCc2cc(OC)c(Br)cc2C1C(=O)O. The van der Waals surface area contributed by atoms with Crippen molar-refractivity contribution in [2.24, 2.45) is 0 Å². The second-order valence-corrected chi connectivity index (χ2v) is 9.19. The van der Waals surface area contributed by atoms with E-state index in [2.05, 4.69) is 34.3 Å². The van der Waals surface area contributed by atoms with Crippen molar-refractivity contribution in [3.63, 3.8) is 0 Å². The lowest BCUT2D eigenvalue weighted by Gasteiger charge is -2.35. The van der Waals surface area contributed by atoms with Gasteiger partial charge in [0.05, 0.1) is 16.5 Å². The van der Waals surface area contributed by atoms with Crippen LogP contribution >= 0.6 is 27.3 Å². The number of thiophene rings is 1. The lowest BCUT2D eigenvalue weighted by molar-refractivity contribution is -0.157. The van der Waals surface area contributed by atoms with Crippen LogP contribution in [0.4, 0.5) is 0 Å². The molecule has 1 aliphatic heterocycles. The average molecular weight is 531 g/mol. The number of hydrogen-bond acceptors (Lipinski definition) is 5. The number of ether oxygens (including phenoxy) is 1. The molecule has 0 spiro atoms. The van der Waals surface area contributed by atoms with Crippen molar-refractivity contribution in [1.29, 1.82) is 0 Å². The summed E-state index contributed by atoms with van der Waals surface area (Å²) < 4.78 is 5.86. The fourth-order valence-corrected chi connectivity index (χ4v) is 4.66. The van der Waals surface area contributed by atoms with Crippen LogP contribution in [0.3, 0.4) is 0 Å². The van der Waals surface area contributed by atoms with Crippen molar-refractivity contribution in [2.45, 2.75) is 25.3 Å². The molecule has 1 N–H and O–H groups in total. The zero-order valence-corrected chi connectivity index (χ0v) is 20.7. The molecule has 1 aliphatic rings. The highest BCUT2D eigenvalue weighted by molar-refractivity contribution is 9.10. The Labute approximate surface area is 204 Å². The molecule has 0 bridgehead atoms. The minimum Gasteiger partial charge on any atom is -0.496 e. The first-order valence-corrected chi connectivity index (χ1v) is 11.8. The second-order valence-electron chi connectivity index (χ2n) is 7.38. The third-order valence-corrected chi connectivity index (χ3v) is 6.78. The molecule has 0 radical (unpaired) electrons. The lowest BCUT2D eigenvalue weighted by Crippen LogP contribution is -2.49. The number of carboxylic acid groups (broad SMARTS) is 1. The number of carbonyl (C=O) groups is 3. The van der Waals surface area contributed by atoms with Gasteiger partial charge in [0, 0.05) is 25.7 Å². The van der Waals surface area contributed by atoms with E-state index in [4.69, 9.17) is 4.74 Å². The molecule has 0 saturated heterocycles. The summed E-state index contributed by atoms with van der Waals surface area (Å²) in [7, 11) is 2.99. The Balaban J connectivity index is 1.72. The highest BCUT2D eigenvalue weighted by Gasteiger charge is 2.40. The van der Waals surface area contributed by atoms with E-state index in [1.54, 1.807) is 23.5 Å². The first-order chi connectivity index (χ1) is 15.7. The van der Waals surface area contributed by atoms with Gasteiger partial charge in [-0.2, -0.15) is 0 Å². The van der Waals surface area contributed by atoms with Crippen molar-refractivity contribution < 1.29 is 24.2 Å². The van der Waals surface area contributed by atoms with Gasteiger partial charge in [-0.1, -0.05) is 24.5 Å². The fraction of sp³-hybridized carbons (Fsp3) is 0.292. The van der Waals surface area contributed by atoms with Gasteiger partial charge in [-0.3, -0.25) is 9.59 Å². The van der Waals surface area contributed by atoms with Crippen molar-refractivity contribution in [1.82, 2.24) is 9.80 Å². The van der Waals surface area contributed by atoms with E-state index in [1.165, 1.54) is 19.1 Å². The molecule has 7 nitrogen and oxygen atoms in total. The lowest BCUT2D eigenvalue weighted by atomic mass is 9.92. The predicted octanol–water partition coefficient (Wildman–Crippen LogP) is 3.83. The summed E-state index contributed by atoms with van der Waals surface area (Å²) in [5, 5.41) is 11.8. The second kappa shape index (κ2) is 10.7. The zero-order valence-electron chi connectivity index (χ0n) is 18.3. The number of carbonyl (C=O) groups excluding carboxylic acids is 2. The van der Waals surface area contributed by atoms with Gasteiger partial charge in [0.1, 0.15) is 5.75 Å². The molecule has 1 atom stereocenters. The molecule has 0 fully saturated rings. The number of nitrogens with zero attached hydrogens (tertiary/aromatic N) is 2. The predicted molar refractivity (Wildman–Crippen MR) is 129 cm³/mol. The van der Waals surface area contributed by atoms with Crippen LogP contribution in [0.25, 0.3) is 0 Å². The van der Waals surface area contributed by atoms with Crippen molar-refractivity contribution in [3.05, 3.63) is 62.4 Å². The molecule has 0 saturated carbocycles. The van der Waals surface area contributed by atoms with Crippen molar-refractivity contribution in [2.75, 3.05) is 20.7 Å². The number of hydrogen-bond donors (Lipinski definition) is 1. The highest BCUT2D eigenvalue weighted by Crippen LogP contribution is 2.37. The van der Waals surface area contributed by atoms with E-state index in [0.717, 1.165) is 15.3 Å². The third-order valence-electron chi connectivity index (χ3n) is 5.37. The number of halogens is 1. The standard InChI is InChI=1S/C24H23BrN2O5S/c1-15(7-4-5-8-17-9-6-12-33-17)26(2)22(28)23(29)27-11-10-16-13-20(32-3)19(25)14-18(16)21(27)24(30)31/h6,9,12-14,21H,1,4,7,10-11H2,2-3H3,(H,30,31). The Hall–Kier alpha value is -3.09. The Kier molecular flexibility index (Phi) is 7.95. The monoisotopic (exact) mass is 530 g/mol. The van der Waals surface area contributed by atoms with E-state index in [9.17, 15) is 19.5 Å². The van der Waals surface area contributed by atoms with Crippen LogP contribution < -0.4 is 4.74 Å². The number of methoxy groups -OCH3 is 1. The molecule has 2 heterocycles. The Morgan fingerprint density at radius 1 is 1.39 bits per heavy atom. The van der Waals surface area contributed by atoms with E-state index >= 15 is 0 Å². The molecule has 3 rings (SSSR count). The number of allylic oxidation sites excluding steroid dienone is 1. The summed E-state index contributed by atoms with van der Waals surface area (Å²) in [4.78, 5) is 41.2. The first-order valence-electron chi connectivity index (χ1n) is 10.1. The van der Waals surface area contributed by atoms with Gasteiger partial charge in [0.2, 0.25) is 0 Å². The van der Waals surface area contributed by atoms with Gasteiger partial charge in [-0.15, -0.1) is 11.3 Å². The summed E-state index contributed by atoms with van der Waals surface area (Å²) in [5.74, 6) is 3.72.